The second-order valence-corrected chi connectivity index (χ2v) is 6.50. The van der Waals surface area contributed by atoms with Gasteiger partial charge in [0.2, 0.25) is 5.91 Å². The number of benzene rings is 1. The molecule has 0 radical (unpaired) electrons. The van der Waals surface area contributed by atoms with Crippen LogP contribution in [0.5, 0.6) is 0 Å². The van der Waals surface area contributed by atoms with Crippen molar-refractivity contribution in [2.24, 2.45) is 0 Å². The highest BCUT2D eigenvalue weighted by atomic mass is 35.5. The monoisotopic (exact) mass is 333 g/mol. The zero-order valence-electron chi connectivity index (χ0n) is 11.4. The summed E-state index contributed by atoms with van der Waals surface area (Å²) in [6.45, 7) is 0.428. The third-order valence-corrected chi connectivity index (χ3v) is 4.42. The van der Waals surface area contributed by atoms with Crippen LogP contribution < -0.4 is 10.9 Å². The van der Waals surface area contributed by atoms with Gasteiger partial charge in [0.05, 0.1) is 28.4 Å². The van der Waals surface area contributed by atoms with Crippen LogP contribution in [0.1, 0.15) is 10.6 Å². The molecule has 0 saturated carbocycles. The van der Waals surface area contributed by atoms with Crippen molar-refractivity contribution in [3.8, 4) is 0 Å². The average Bonchev–Trinajstić information content (AvgIpc) is 2.94. The van der Waals surface area contributed by atoms with Gasteiger partial charge in [0.25, 0.3) is 5.56 Å². The number of nitrogens with one attached hydrogen (secondary N) is 2. The van der Waals surface area contributed by atoms with Gasteiger partial charge in [-0.1, -0.05) is 29.8 Å². The summed E-state index contributed by atoms with van der Waals surface area (Å²) in [4.78, 5) is 24.7. The number of nitrogens with zero attached hydrogens (tertiary/aromatic N) is 1. The van der Waals surface area contributed by atoms with Crippen molar-refractivity contribution in [3.05, 3.63) is 61.7 Å². The van der Waals surface area contributed by atoms with Gasteiger partial charge in [-0.2, -0.15) is 5.10 Å². The van der Waals surface area contributed by atoms with E-state index in [-0.39, 0.29) is 17.9 Å². The van der Waals surface area contributed by atoms with E-state index in [1.54, 1.807) is 24.3 Å². The summed E-state index contributed by atoms with van der Waals surface area (Å²) >= 11 is 7.28. The first-order valence-corrected chi connectivity index (χ1v) is 7.80. The standard InChI is InChI=1S/C15H12ClN3O2S/c16-13-6-5-9(22-13)8-17-14(20)7-12-10-3-1-2-4-11(10)15(21)19-18-12/h1-6H,7-8H2,(H,17,20)(H,19,21). The summed E-state index contributed by atoms with van der Waals surface area (Å²) < 4.78 is 0.692. The Kier molecular flexibility index (Phi) is 4.22. The minimum atomic E-state index is -0.256. The van der Waals surface area contributed by atoms with Crippen molar-refractivity contribution in [3.63, 3.8) is 0 Å². The molecule has 2 N–H and O–H groups in total. The van der Waals surface area contributed by atoms with Crippen LogP contribution >= 0.6 is 22.9 Å². The van der Waals surface area contributed by atoms with Crippen molar-refractivity contribution in [2.45, 2.75) is 13.0 Å². The third-order valence-electron chi connectivity index (χ3n) is 3.19. The van der Waals surface area contributed by atoms with E-state index >= 15 is 0 Å². The van der Waals surface area contributed by atoms with Crippen molar-refractivity contribution in [1.29, 1.82) is 0 Å². The van der Waals surface area contributed by atoms with Gasteiger partial charge < -0.3 is 5.32 Å². The molecule has 2 aromatic heterocycles. The first kappa shape index (κ1) is 14.7. The maximum absolute atomic E-state index is 12.0. The molecule has 1 amide bonds. The van der Waals surface area contributed by atoms with E-state index in [0.717, 1.165) is 4.88 Å². The molecule has 0 unspecified atom stereocenters. The van der Waals surface area contributed by atoms with E-state index < -0.39 is 0 Å². The number of aromatic amines is 1. The lowest BCUT2D eigenvalue weighted by molar-refractivity contribution is -0.120. The van der Waals surface area contributed by atoms with E-state index in [1.807, 2.05) is 12.1 Å². The lowest BCUT2D eigenvalue weighted by Crippen LogP contribution is -2.25. The number of hydrogen-bond acceptors (Lipinski definition) is 4. The van der Waals surface area contributed by atoms with Crippen LogP contribution in [0.3, 0.4) is 0 Å². The zero-order chi connectivity index (χ0) is 15.5. The molecule has 0 aliphatic carbocycles. The fraction of sp³-hybridized carbons (Fsp3) is 0.133. The molecule has 3 rings (SSSR count). The number of rotatable bonds is 4. The number of thiophene rings is 1. The topological polar surface area (TPSA) is 74.8 Å². The Labute approximate surface area is 134 Å². The molecule has 5 nitrogen and oxygen atoms in total. The Balaban J connectivity index is 1.74. The molecule has 0 bridgehead atoms. The van der Waals surface area contributed by atoms with E-state index in [1.165, 1.54) is 11.3 Å². The van der Waals surface area contributed by atoms with Gasteiger partial charge in [0, 0.05) is 10.3 Å². The van der Waals surface area contributed by atoms with Gasteiger partial charge in [0.15, 0.2) is 0 Å². The molecule has 112 valence electrons. The first-order chi connectivity index (χ1) is 10.6. The fourth-order valence-corrected chi connectivity index (χ4v) is 3.18. The number of fused-ring (bicyclic) bond motifs is 1. The number of H-pyrrole nitrogens is 1. The van der Waals surface area contributed by atoms with Gasteiger partial charge >= 0.3 is 0 Å². The summed E-state index contributed by atoms with van der Waals surface area (Å²) in [6, 6.07) is 10.8. The van der Waals surface area contributed by atoms with Crippen LogP contribution in [0.4, 0.5) is 0 Å². The lowest BCUT2D eigenvalue weighted by Gasteiger charge is -2.05. The Hall–Kier alpha value is -2.18. The normalized spacial score (nSPS) is 10.8. The van der Waals surface area contributed by atoms with Crippen LogP contribution in [-0.4, -0.2) is 16.1 Å². The molecule has 0 fully saturated rings. The third kappa shape index (κ3) is 3.18. The summed E-state index contributed by atoms with van der Waals surface area (Å²) in [5.41, 5.74) is 0.296. The highest BCUT2D eigenvalue weighted by Crippen LogP contribution is 2.21. The van der Waals surface area contributed by atoms with Crippen LogP contribution in [0, 0.1) is 0 Å². The molecule has 0 aliphatic rings. The predicted octanol–water partition coefficient (Wildman–Crippen LogP) is 2.50. The molecule has 0 spiro atoms. The van der Waals surface area contributed by atoms with Crippen molar-refractivity contribution >= 4 is 39.6 Å². The second-order valence-electron chi connectivity index (χ2n) is 4.70. The quantitative estimate of drug-likeness (QED) is 0.770. The minimum absolute atomic E-state index is 0.108. The highest BCUT2D eigenvalue weighted by Gasteiger charge is 2.10. The van der Waals surface area contributed by atoms with Crippen molar-refractivity contribution < 1.29 is 4.79 Å². The molecule has 0 atom stereocenters. The zero-order valence-corrected chi connectivity index (χ0v) is 13.0. The molecule has 7 heteroatoms. The summed E-state index contributed by atoms with van der Waals surface area (Å²) in [5, 5.41) is 10.5. The van der Waals surface area contributed by atoms with Crippen molar-refractivity contribution in [2.75, 3.05) is 0 Å². The van der Waals surface area contributed by atoms with Crippen LogP contribution in [-0.2, 0) is 17.8 Å². The molecular formula is C15H12ClN3O2S. The molecule has 0 saturated heterocycles. The molecule has 0 aliphatic heterocycles. The number of hydrogen-bond donors (Lipinski definition) is 2. The Morgan fingerprint density at radius 2 is 2.00 bits per heavy atom. The number of carbonyl (C=O) groups is 1. The van der Waals surface area contributed by atoms with E-state index in [0.29, 0.717) is 27.3 Å². The lowest BCUT2D eigenvalue weighted by atomic mass is 10.1. The van der Waals surface area contributed by atoms with Gasteiger partial charge in [-0.15, -0.1) is 11.3 Å². The number of amides is 1. The second kappa shape index (κ2) is 6.29. The molecule has 1 aromatic carbocycles. The van der Waals surface area contributed by atoms with Gasteiger partial charge in [-0.05, 0) is 18.2 Å². The molecule has 3 aromatic rings. The van der Waals surface area contributed by atoms with Gasteiger partial charge in [-0.25, -0.2) is 5.10 Å². The first-order valence-electron chi connectivity index (χ1n) is 6.60. The van der Waals surface area contributed by atoms with Gasteiger partial charge in [-0.3, -0.25) is 9.59 Å². The minimum Gasteiger partial charge on any atom is -0.351 e. The maximum atomic E-state index is 12.0. The Morgan fingerprint density at radius 3 is 2.73 bits per heavy atom. The smallest absolute Gasteiger partial charge is 0.272 e. The van der Waals surface area contributed by atoms with Crippen LogP contribution in [0.2, 0.25) is 4.34 Å². The number of halogens is 1. The number of aromatic nitrogens is 2. The molecular weight excluding hydrogens is 322 g/mol. The van der Waals surface area contributed by atoms with Crippen LogP contribution in [0.25, 0.3) is 10.8 Å². The van der Waals surface area contributed by atoms with Crippen molar-refractivity contribution in [1.82, 2.24) is 15.5 Å². The van der Waals surface area contributed by atoms with E-state index in [2.05, 4.69) is 15.5 Å². The highest BCUT2D eigenvalue weighted by molar-refractivity contribution is 7.16. The Morgan fingerprint density at radius 1 is 1.23 bits per heavy atom. The predicted molar refractivity (Wildman–Crippen MR) is 87.2 cm³/mol. The van der Waals surface area contributed by atoms with E-state index in [4.69, 9.17) is 11.6 Å². The van der Waals surface area contributed by atoms with Crippen LogP contribution in [0.15, 0.2) is 41.2 Å². The fourth-order valence-electron chi connectivity index (χ4n) is 2.15. The molecule has 22 heavy (non-hydrogen) atoms. The SMILES string of the molecule is O=C(Cc1n[nH]c(=O)c2ccccc12)NCc1ccc(Cl)s1. The largest absolute Gasteiger partial charge is 0.351 e. The summed E-state index contributed by atoms with van der Waals surface area (Å²) in [7, 11) is 0. The maximum Gasteiger partial charge on any atom is 0.272 e. The summed E-state index contributed by atoms with van der Waals surface area (Å²) in [6.07, 6.45) is 0.108. The van der Waals surface area contributed by atoms with Gasteiger partial charge in [0.1, 0.15) is 0 Å². The molecule has 2 heterocycles. The summed E-state index contributed by atoms with van der Waals surface area (Å²) in [5.74, 6) is -0.158. The van der Waals surface area contributed by atoms with E-state index in [9.17, 15) is 9.59 Å². The average molecular weight is 334 g/mol. The Bertz CT molecular complexity index is 888. The number of carbonyl (C=O) groups excluding carboxylic acids is 1.